The molecule has 3 rings (SSSR count). The molecule has 0 atom stereocenters. The second kappa shape index (κ2) is 5.16. The number of halogens is 1. The third-order valence-electron chi connectivity index (χ3n) is 3.18. The minimum atomic E-state index is 0.598. The fraction of sp³-hybridized carbons (Fsp3) is 0.333. The predicted octanol–water partition coefficient (Wildman–Crippen LogP) is 0.978. The summed E-state index contributed by atoms with van der Waals surface area (Å²) >= 11 is 5.99. The van der Waals surface area contributed by atoms with Crippen LogP contribution in [0.15, 0.2) is 18.2 Å². The molecule has 0 bridgehead atoms. The molecule has 1 aromatic heterocycles. The number of fused-ring (bicyclic) bond motifs is 1. The number of hydrogen-bond donors (Lipinski definition) is 3. The third-order valence-corrected chi connectivity index (χ3v) is 3.42. The molecular weight excluding hydrogens is 264 g/mol. The van der Waals surface area contributed by atoms with Crippen LogP contribution < -0.4 is 21.5 Å². The van der Waals surface area contributed by atoms with E-state index in [2.05, 4.69) is 25.6 Å². The molecule has 1 aliphatic rings. The van der Waals surface area contributed by atoms with Crippen LogP contribution in [-0.4, -0.2) is 36.1 Å². The minimum absolute atomic E-state index is 0.598. The number of piperazine rings is 1. The molecule has 0 radical (unpaired) electrons. The van der Waals surface area contributed by atoms with E-state index in [1.54, 1.807) is 0 Å². The maximum atomic E-state index is 5.99. The van der Waals surface area contributed by atoms with Crippen molar-refractivity contribution in [3.63, 3.8) is 0 Å². The van der Waals surface area contributed by atoms with Crippen LogP contribution in [0.25, 0.3) is 10.9 Å². The van der Waals surface area contributed by atoms with Crippen LogP contribution in [0, 0.1) is 0 Å². The van der Waals surface area contributed by atoms with Gasteiger partial charge in [0.1, 0.15) is 0 Å². The Morgan fingerprint density at radius 3 is 2.79 bits per heavy atom. The Balaban J connectivity index is 2.08. The molecule has 0 unspecified atom stereocenters. The van der Waals surface area contributed by atoms with Crippen molar-refractivity contribution in [2.45, 2.75) is 0 Å². The van der Waals surface area contributed by atoms with E-state index in [0.29, 0.717) is 16.8 Å². The van der Waals surface area contributed by atoms with E-state index >= 15 is 0 Å². The number of benzene rings is 1. The van der Waals surface area contributed by atoms with Crippen LogP contribution in [0.4, 0.5) is 11.8 Å². The molecule has 1 aromatic carbocycles. The number of hydrogen-bond acceptors (Lipinski definition) is 6. The second-order valence-electron chi connectivity index (χ2n) is 4.42. The Labute approximate surface area is 115 Å². The lowest BCUT2D eigenvalue weighted by molar-refractivity contribution is 0.581. The molecule has 2 heterocycles. The molecule has 0 spiro atoms. The highest BCUT2D eigenvalue weighted by Gasteiger charge is 2.15. The molecule has 1 fully saturated rings. The van der Waals surface area contributed by atoms with E-state index < -0.39 is 0 Å². The van der Waals surface area contributed by atoms with Gasteiger partial charge in [-0.15, -0.1) is 0 Å². The van der Waals surface area contributed by atoms with Gasteiger partial charge in [0.05, 0.1) is 5.52 Å². The van der Waals surface area contributed by atoms with Crippen molar-refractivity contribution in [2.24, 2.45) is 5.84 Å². The molecule has 4 N–H and O–H groups in total. The average Bonchev–Trinajstić information content (AvgIpc) is 2.47. The zero-order valence-electron chi connectivity index (χ0n) is 10.4. The number of aromatic nitrogens is 2. The fourth-order valence-corrected chi connectivity index (χ4v) is 2.38. The maximum absolute atomic E-state index is 5.99. The Hall–Kier alpha value is -1.63. The molecule has 19 heavy (non-hydrogen) atoms. The number of nitrogens with one attached hydrogen (secondary N) is 2. The zero-order chi connectivity index (χ0) is 13.2. The van der Waals surface area contributed by atoms with E-state index in [-0.39, 0.29) is 0 Å². The summed E-state index contributed by atoms with van der Waals surface area (Å²) in [6.45, 7) is 3.66. The molecule has 100 valence electrons. The molecule has 0 saturated carbocycles. The third kappa shape index (κ3) is 2.42. The van der Waals surface area contributed by atoms with Gasteiger partial charge in [0, 0.05) is 36.6 Å². The summed E-state index contributed by atoms with van der Waals surface area (Å²) in [5, 5.41) is 4.77. The van der Waals surface area contributed by atoms with Crippen LogP contribution in [0.1, 0.15) is 0 Å². The SMILES string of the molecule is NNc1nc(N2CCNCC2)nc2ccc(Cl)cc12. The van der Waals surface area contributed by atoms with E-state index in [4.69, 9.17) is 17.4 Å². The van der Waals surface area contributed by atoms with Crippen LogP contribution in [0.2, 0.25) is 5.02 Å². The Morgan fingerprint density at radius 2 is 2.05 bits per heavy atom. The zero-order valence-corrected chi connectivity index (χ0v) is 11.1. The number of nitrogen functional groups attached to an aromatic ring is 1. The monoisotopic (exact) mass is 278 g/mol. The van der Waals surface area contributed by atoms with E-state index in [9.17, 15) is 0 Å². The molecular formula is C12H15ClN6. The number of anilines is 2. The number of rotatable bonds is 2. The molecule has 7 heteroatoms. The first-order chi connectivity index (χ1) is 9.28. The molecule has 6 nitrogen and oxygen atoms in total. The number of nitrogens with zero attached hydrogens (tertiary/aromatic N) is 3. The van der Waals surface area contributed by atoms with Gasteiger partial charge in [-0.1, -0.05) is 11.6 Å². The van der Waals surface area contributed by atoms with Gasteiger partial charge >= 0.3 is 0 Å². The fourth-order valence-electron chi connectivity index (χ4n) is 2.20. The number of hydrazine groups is 1. The molecule has 1 aliphatic heterocycles. The largest absolute Gasteiger partial charge is 0.338 e. The molecule has 1 saturated heterocycles. The van der Waals surface area contributed by atoms with E-state index in [1.807, 2.05) is 18.2 Å². The van der Waals surface area contributed by atoms with Crippen molar-refractivity contribution in [1.82, 2.24) is 15.3 Å². The summed E-state index contributed by atoms with van der Waals surface area (Å²) in [4.78, 5) is 11.2. The van der Waals surface area contributed by atoms with Crippen molar-refractivity contribution in [1.29, 1.82) is 0 Å². The Bertz CT molecular complexity index is 596. The topological polar surface area (TPSA) is 79.1 Å². The van der Waals surface area contributed by atoms with Crippen molar-refractivity contribution in [2.75, 3.05) is 36.5 Å². The van der Waals surface area contributed by atoms with E-state index in [1.165, 1.54) is 0 Å². The highest BCUT2D eigenvalue weighted by atomic mass is 35.5. The first-order valence-corrected chi connectivity index (χ1v) is 6.55. The molecule has 0 aliphatic carbocycles. The number of nitrogens with two attached hydrogens (primary N) is 1. The molecule has 2 aromatic rings. The first kappa shape index (κ1) is 12.4. The Kier molecular flexibility index (Phi) is 3.37. The van der Waals surface area contributed by atoms with Gasteiger partial charge < -0.3 is 15.6 Å². The van der Waals surface area contributed by atoms with Crippen LogP contribution in [-0.2, 0) is 0 Å². The summed E-state index contributed by atoms with van der Waals surface area (Å²) in [6, 6.07) is 5.51. The summed E-state index contributed by atoms with van der Waals surface area (Å²) in [5.74, 6) is 6.85. The standard InChI is InChI=1S/C12H15ClN6/c13-8-1-2-10-9(7-8)11(18-14)17-12(16-10)19-5-3-15-4-6-19/h1-2,7,15H,3-6,14H2,(H,16,17,18). The summed E-state index contributed by atoms with van der Waals surface area (Å²) in [5.41, 5.74) is 3.46. The van der Waals surface area contributed by atoms with Crippen molar-refractivity contribution >= 4 is 34.3 Å². The lowest BCUT2D eigenvalue weighted by atomic mass is 10.2. The average molecular weight is 279 g/mol. The normalized spacial score (nSPS) is 15.8. The maximum Gasteiger partial charge on any atom is 0.228 e. The van der Waals surface area contributed by atoms with Crippen LogP contribution in [0.5, 0.6) is 0 Å². The summed E-state index contributed by atoms with van der Waals surface area (Å²) < 4.78 is 0. The van der Waals surface area contributed by atoms with Gasteiger partial charge in [0.2, 0.25) is 5.95 Å². The van der Waals surface area contributed by atoms with Crippen LogP contribution >= 0.6 is 11.6 Å². The van der Waals surface area contributed by atoms with Crippen molar-refractivity contribution in [3.05, 3.63) is 23.2 Å². The quantitative estimate of drug-likeness (QED) is 0.561. The Morgan fingerprint density at radius 1 is 1.26 bits per heavy atom. The van der Waals surface area contributed by atoms with Gasteiger partial charge in [-0.25, -0.2) is 10.8 Å². The van der Waals surface area contributed by atoms with Crippen LogP contribution in [0.3, 0.4) is 0 Å². The van der Waals surface area contributed by atoms with Gasteiger partial charge in [0.15, 0.2) is 5.82 Å². The van der Waals surface area contributed by atoms with E-state index in [0.717, 1.165) is 37.1 Å². The predicted molar refractivity (Wildman–Crippen MR) is 77.4 cm³/mol. The van der Waals surface area contributed by atoms with Gasteiger partial charge in [-0.2, -0.15) is 4.98 Å². The highest BCUT2D eigenvalue weighted by Crippen LogP contribution is 2.25. The lowest BCUT2D eigenvalue weighted by Crippen LogP contribution is -2.44. The summed E-state index contributed by atoms with van der Waals surface area (Å²) in [7, 11) is 0. The smallest absolute Gasteiger partial charge is 0.228 e. The highest BCUT2D eigenvalue weighted by molar-refractivity contribution is 6.31. The van der Waals surface area contributed by atoms with Crippen molar-refractivity contribution in [3.8, 4) is 0 Å². The van der Waals surface area contributed by atoms with Gasteiger partial charge in [-0.3, -0.25) is 0 Å². The molecule has 0 amide bonds. The summed E-state index contributed by atoms with van der Waals surface area (Å²) in [6.07, 6.45) is 0. The van der Waals surface area contributed by atoms with Crippen molar-refractivity contribution < 1.29 is 0 Å². The van der Waals surface area contributed by atoms with Gasteiger partial charge in [0.25, 0.3) is 0 Å². The van der Waals surface area contributed by atoms with Gasteiger partial charge in [-0.05, 0) is 18.2 Å². The minimum Gasteiger partial charge on any atom is -0.338 e. The lowest BCUT2D eigenvalue weighted by Gasteiger charge is -2.27. The second-order valence-corrected chi connectivity index (χ2v) is 4.85. The first-order valence-electron chi connectivity index (χ1n) is 6.17.